The molecule has 2 heterocycles. The summed E-state index contributed by atoms with van der Waals surface area (Å²) in [5, 5.41) is 30.0. The van der Waals surface area contributed by atoms with Crippen molar-refractivity contribution in [3.05, 3.63) is 71.3 Å². The Hall–Kier alpha value is -4.14. The van der Waals surface area contributed by atoms with Crippen LogP contribution in [-0.4, -0.2) is 46.8 Å². The van der Waals surface area contributed by atoms with Gasteiger partial charge in [0.1, 0.15) is 17.2 Å². The minimum Gasteiger partial charge on any atom is -0.508 e. The maximum atomic E-state index is 13.5. The lowest BCUT2D eigenvalue weighted by Gasteiger charge is -2.32. The second-order valence-electron chi connectivity index (χ2n) is 8.27. The molecule has 0 unspecified atom stereocenters. The number of piperidine rings is 1. The number of amides is 2. The van der Waals surface area contributed by atoms with E-state index in [0.717, 1.165) is 18.5 Å². The van der Waals surface area contributed by atoms with Gasteiger partial charge in [-0.3, -0.25) is 15.0 Å². The SMILES string of the molecule is N=C(C(=O)O)C1=C(NC2=CC=C(O)C=CC2)C(=O)N(c2ccc(N3CCCCC3=O)cc2)CC1. The number of carbonyl (C=O) groups is 3. The molecule has 176 valence electrons. The standard InChI is InChI=1S/C25H26N4O5/c26-22(25(33)34)20-13-15-29(24(32)23(20)27-16-4-3-5-19(30)12-7-16)18-10-8-17(9-11-18)28-14-2-1-6-21(28)31/h3,5,7-12,26-27,30H,1-2,4,6,13-15H2,(H,33,34). The van der Waals surface area contributed by atoms with Gasteiger partial charge in [0.2, 0.25) is 5.91 Å². The van der Waals surface area contributed by atoms with Gasteiger partial charge >= 0.3 is 5.97 Å². The van der Waals surface area contributed by atoms with Gasteiger partial charge in [0.05, 0.1) is 0 Å². The van der Waals surface area contributed by atoms with Crippen molar-refractivity contribution in [2.24, 2.45) is 0 Å². The molecule has 3 aliphatic rings. The fourth-order valence-electron chi connectivity index (χ4n) is 4.23. The van der Waals surface area contributed by atoms with Gasteiger partial charge in [-0.1, -0.05) is 6.08 Å². The minimum atomic E-state index is -1.40. The normalized spacial score (nSPS) is 18.9. The molecule has 4 rings (SSSR count). The quantitative estimate of drug-likeness (QED) is 0.480. The topological polar surface area (TPSA) is 134 Å². The summed E-state index contributed by atoms with van der Waals surface area (Å²) >= 11 is 0. The Morgan fingerprint density at radius 2 is 1.68 bits per heavy atom. The molecule has 1 fully saturated rings. The first kappa shape index (κ1) is 23.0. The number of nitrogens with one attached hydrogen (secondary N) is 2. The molecule has 4 N–H and O–H groups in total. The molecule has 1 aromatic carbocycles. The molecule has 9 heteroatoms. The number of benzene rings is 1. The number of hydrogen-bond donors (Lipinski definition) is 4. The summed E-state index contributed by atoms with van der Waals surface area (Å²) in [7, 11) is 0. The number of allylic oxidation sites excluding steroid dienone is 4. The largest absolute Gasteiger partial charge is 0.508 e. The number of carboxylic acids is 1. The molecular formula is C25H26N4O5. The van der Waals surface area contributed by atoms with Gasteiger partial charge in [-0.2, -0.15) is 0 Å². The van der Waals surface area contributed by atoms with E-state index in [-0.39, 0.29) is 35.9 Å². The zero-order valence-corrected chi connectivity index (χ0v) is 18.6. The van der Waals surface area contributed by atoms with Gasteiger partial charge in [0.15, 0.2) is 0 Å². The van der Waals surface area contributed by atoms with E-state index < -0.39 is 17.6 Å². The van der Waals surface area contributed by atoms with E-state index in [2.05, 4.69) is 5.32 Å². The molecule has 0 radical (unpaired) electrons. The van der Waals surface area contributed by atoms with Crippen LogP contribution in [0.3, 0.4) is 0 Å². The molecule has 0 bridgehead atoms. The third-order valence-corrected chi connectivity index (χ3v) is 6.03. The highest BCUT2D eigenvalue weighted by molar-refractivity contribution is 6.42. The second-order valence-corrected chi connectivity index (χ2v) is 8.27. The molecule has 2 amide bonds. The summed E-state index contributed by atoms with van der Waals surface area (Å²) in [6, 6.07) is 7.16. The van der Waals surface area contributed by atoms with Crippen molar-refractivity contribution >= 4 is 34.9 Å². The molecule has 2 aliphatic heterocycles. The molecule has 9 nitrogen and oxygen atoms in total. The minimum absolute atomic E-state index is 0.0309. The summed E-state index contributed by atoms with van der Waals surface area (Å²) < 4.78 is 0. The number of anilines is 2. The highest BCUT2D eigenvalue weighted by Gasteiger charge is 2.32. The number of aliphatic hydroxyl groups is 1. The van der Waals surface area contributed by atoms with Gasteiger partial charge < -0.3 is 25.3 Å². The Kier molecular flexibility index (Phi) is 6.62. The Balaban J connectivity index is 1.62. The molecule has 1 aromatic rings. The van der Waals surface area contributed by atoms with E-state index in [1.807, 2.05) is 12.1 Å². The molecule has 0 aromatic heterocycles. The number of carboxylic acid groups (broad SMARTS) is 1. The van der Waals surface area contributed by atoms with Crippen LogP contribution in [0.4, 0.5) is 11.4 Å². The van der Waals surface area contributed by atoms with E-state index in [0.29, 0.717) is 30.8 Å². The van der Waals surface area contributed by atoms with Crippen LogP contribution in [0.15, 0.2) is 71.3 Å². The van der Waals surface area contributed by atoms with Crippen LogP contribution in [0.25, 0.3) is 0 Å². The summed E-state index contributed by atoms with van der Waals surface area (Å²) in [6.07, 6.45) is 9.29. The summed E-state index contributed by atoms with van der Waals surface area (Å²) in [5.74, 6) is -1.70. The Labute approximate surface area is 196 Å². The average Bonchev–Trinajstić information content (AvgIpc) is 3.04. The van der Waals surface area contributed by atoms with Crippen LogP contribution in [0.2, 0.25) is 0 Å². The molecule has 34 heavy (non-hydrogen) atoms. The highest BCUT2D eigenvalue weighted by Crippen LogP contribution is 2.29. The zero-order valence-electron chi connectivity index (χ0n) is 18.6. The van der Waals surface area contributed by atoms with Crippen LogP contribution in [0, 0.1) is 5.41 Å². The molecule has 1 saturated heterocycles. The first-order valence-electron chi connectivity index (χ1n) is 11.2. The van der Waals surface area contributed by atoms with E-state index >= 15 is 0 Å². The Morgan fingerprint density at radius 1 is 0.971 bits per heavy atom. The van der Waals surface area contributed by atoms with E-state index in [9.17, 15) is 24.6 Å². The van der Waals surface area contributed by atoms with Crippen molar-refractivity contribution in [2.75, 3.05) is 22.9 Å². The van der Waals surface area contributed by atoms with Crippen molar-refractivity contribution in [3.8, 4) is 0 Å². The number of aliphatic hydroxyl groups excluding tert-OH is 1. The van der Waals surface area contributed by atoms with Crippen LogP contribution < -0.4 is 15.1 Å². The Morgan fingerprint density at radius 3 is 2.35 bits per heavy atom. The van der Waals surface area contributed by atoms with Gasteiger partial charge in [0.25, 0.3) is 5.91 Å². The monoisotopic (exact) mass is 462 g/mol. The zero-order chi connectivity index (χ0) is 24.2. The predicted molar refractivity (Wildman–Crippen MR) is 128 cm³/mol. The predicted octanol–water partition coefficient (Wildman–Crippen LogP) is 3.17. The maximum Gasteiger partial charge on any atom is 0.354 e. The lowest BCUT2D eigenvalue weighted by atomic mass is 9.98. The number of aliphatic carboxylic acids is 1. The molecule has 0 spiro atoms. The van der Waals surface area contributed by atoms with E-state index in [1.54, 1.807) is 29.2 Å². The van der Waals surface area contributed by atoms with Crippen LogP contribution in [-0.2, 0) is 14.4 Å². The molecule has 0 saturated carbocycles. The third kappa shape index (κ3) is 4.78. The van der Waals surface area contributed by atoms with Crippen molar-refractivity contribution in [1.29, 1.82) is 5.41 Å². The van der Waals surface area contributed by atoms with Crippen molar-refractivity contribution in [3.63, 3.8) is 0 Å². The van der Waals surface area contributed by atoms with Crippen molar-refractivity contribution in [2.45, 2.75) is 32.1 Å². The number of hydrogen-bond acceptors (Lipinski definition) is 6. The second kappa shape index (κ2) is 9.78. The van der Waals surface area contributed by atoms with Crippen LogP contribution in [0.1, 0.15) is 32.1 Å². The third-order valence-electron chi connectivity index (χ3n) is 6.03. The summed E-state index contributed by atoms with van der Waals surface area (Å²) in [4.78, 5) is 40.5. The van der Waals surface area contributed by atoms with Gasteiger partial charge in [-0.25, -0.2) is 4.79 Å². The first-order valence-corrected chi connectivity index (χ1v) is 11.2. The van der Waals surface area contributed by atoms with Crippen LogP contribution >= 0.6 is 0 Å². The highest BCUT2D eigenvalue weighted by atomic mass is 16.4. The van der Waals surface area contributed by atoms with Gasteiger partial charge in [0, 0.05) is 48.6 Å². The number of rotatable bonds is 6. The maximum absolute atomic E-state index is 13.5. The Bertz CT molecular complexity index is 1160. The fourth-order valence-corrected chi connectivity index (χ4v) is 4.23. The summed E-state index contributed by atoms with van der Waals surface area (Å²) in [5.41, 5.74) is 1.51. The van der Waals surface area contributed by atoms with Gasteiger partial charge in [-0.15, -0.1) is 0 Å². The van der Waals surface area contributed by atoms with Crippen molar-refractivity contribution < 1.29 is 24.6 Å². The lowest BCUT2D eigenvalue weighted by Crippen LogP contribution is -2.43. The van der Waals surface area contributed by atoms with Crippen LogP contribution in [0.5, 0.6) is 0 Å². The molecule has 1 aliphatic carbocycles. The van der Waals surface area contributed by atoms with Crippen molar-refractivity contribution in [1.82, 2.24) is 5.32 Å². The summed E-state index contributed by atoms with van der Waals surface area (Å²) in [6.45, 7) is 0.891. The van der Waals surface area contributed by atoms with E-state index in [1.165, 1.54) is 17.1 Å². The molecule has 0 atom stereocenters. The van der Waals surface area contributed by atoms with Gasteiger partial charge in [-0.05, 0) is 61.8 Å². The van der Waals surface area contributed by atoms with E-state index in [4.69, 9.17) is 5.41 Å². The molecular weight excluding hydrogens is 436 g/mol. The number of nitrogens with zero attached hydrogens (tertiary/aromatic N) is 2. The average molecular weight is 463 g/mol. The smallest absolute Gasteiger partial charge is 0.354 e. The lowest BCUT2D eigenvalue weighted by molar-refractivity contribution is -0.129. The number of carbonyl (C=O) groups excluding carboxylic acids is 2. The fraction of sp³-hybridized carbons (Fsp3) is 0.280. The first-order chi connectivity index (χ1) is 16.3.